The van der Waals surface area contributed by atoms with Crippen molar-refractivity contribution in [3.63, 3.8) is 0 Å². The molecule has 0 radical (unpaired) electrons. The minimum absolute atomic E-state index is 0.307. The number of rotatable bonds is 6. The lowest BCUT2D eigenvalue weighted by Gasteiger charge is -2.11. The molecule has 2 aromatic heterocycles. The number of aryl methyl sites for hydroxylation is 1. The van der Waals surface area contributed by atoms with Gasteiger partial charge in [0.05, 0.1) is 5.69 Å². The van der Waals surface area contributed by atoms with Gasteiger partial charge in [-0.05, 0) is 18.6 Å². The maximum absolute atomic E-state index is 11.0. The lowest BCUT2D eigenvalue weighted by atomic mass is 10.3. The van der Waals surface area contributed by atoms with Crippen molar-refractivity contribution < 1.29 is 14.7 Å². The Kier molecular flexibility index (Phi) is 4.85. The number of fused-ring (bicyclic) bond motifs is 1. The SMILES string of the molecule is CC(=O)NC(CSCc1cn2cccc(C)c2n1)C(=O)O. The zero-order chi connectivity index (χ0) is 15.4. The second-order valence-electron chi connectivity index (χ2n) is 4.76. The number of thioether (sulfide) groups is 1. The quantitative estimate of drug-likeness (QED) is 0.844. The van der Waals surface area contributed by atoms with Gasteiger partial charge in [0.15, 0.2) is 0 Å². The predicted octanol–water partition coefficient (Wildman–Crippen LogP) is 1.47. The van der Waals surface area contributed by atoms with Gasteiger partial charge >= 0.3 is 5.97 Å². The topological polar surface area (TPSA) is 83.7 Å². The molecule has 0 spiro atoms. The van der Waals surface area contributed by atoms with Crippen molar-refractivity contribution in [3.05, 3.63) is 35.8 Å². The molecule has 0 fully saturated rings. The first-order valence-electron chi connectivity index (χ1n) is 6.48. The van der Waals surface area contributed by atoms with Gasteiger partial charge in [-0.2, -0.15) is 11.8 Å². The Morgan fingerprint density at radius 3 is 2.90 bits per heavy atom. The molecule has 0 bridgehead atoms. The Morgan fingerprint density at radius 2 is 2.29 bits per heavy atom. The van der Waals surface area contributed by atoms with Gasteiger partial charge in [0.2, 0.25) is 5.91 Å². The van der Waals surface area contributed by atoms with Gasteiger partial charge in [0.25, 0.3) is 0 Å². The highest BCUT2D eigenvalue weighted by atomic mass is 32.2. The number of amides is 1. The van der Waals surface area contributed by atoms with Gasteiger partial charge in [-0.25, -0.2) is 9.78 Å². The van der Waals surface area contributed by atoms with Crippen molar-refractivity contribution in [3.8, 4) is 0 Å². The van der Waals surface area contributed by atoms with Crippen LogP contribution in [0.3, 0.4) is 0 Å². The maximum Gasteiger partial charge on any atom is 0.327 e. The lowest BCUT2D eigenvalue weighted by molar-refractivity contribution is -0.140. The predicted molar refractivity (Wildman–Crippen MR) is 81.3 cm³/mol. The van der Waals surface area contributed by atoms with Crippen LogP contribution in [-0.4, -0.2) is 38.2 Å². The Hall–Kier alpha value is -2.02. The van der Waals surface area contributed by atoms with E-state index in [1.807, 2.05) is 35.9 Å². The summed E-state index contributed by atoms with van der Waals surface area (Å²) in [6, 6.07) is 3.08. The third-order valence-electron chi connectivity index (χ3n) is 2.94. The molecule has 1 unspecified atom stereocenters. The first kappa shape index (κ1) is 15.4. The average molecular weight is 307 g/mol. The van der Waals surface area contributed by atoms with Crippen molar-refractivity contribution in [2.24, 2.45) is 0 Å². The molecule has 6 nitrogen and oxygen atoms in total. The number of hydrogen-bond donors (Lipinski definition) is 2. The molecular formula is C14H17N3O3S. The molecule has 7 heteroatoms. The number of carboxylic acid groups (broad SMARTS) is 1. The molecule has 1 amide bonds. The maximum atomic E-state index is 11.0. The number of nitrogens with one attached hydrogen (secondary N) is 1. The van der Waals surface area contributed by atoms with E-state index in [2.05, 4.69) is 10.3 Å². The summed E-state index contributed by atoms with van der Waals surface area (Å²) in [5.41, 5.74) is 2.89. The molecule has 0 aliphatic heterocycles. The first-order chi connectivity index (χ1) is 9.97. The molecule has 112 valence electrons. The number of hydrogen-bond acceptors (Lipinski definition) is 4. The number of nitrogens with zero attached hydrogens (tertiary/aromatic N) is 2. The molecule has 2 aromatic rings. The largest absolute Gasteiger partial charge is 0.480 e. The first-order valence-corrected chi connectivity index (χ1v) is 7.63. The fourth-order valence-electron chi connectivity index (χ4n) is 1.98. The molecule has 0 aromatic carbocycles. The summed E-state index contributed by atoms with van der Waals surface area (Å²) in [5, 5.41) is 11.4. The van der Waals surface area contributed by atoms with Crippen LogP contribution in [0.5, 0.6) is 0 Å². The van der Waals surface area contributed by atoms with Crippen LogP contribution in [0.2, 0.25) is 0 Å². The summed E-state index contributed by atoms with van der Waals surface area (Å²) in [5.74, 6) is -0.457. The van der Waals surface area contributed by atoms with Gasteiger partial charge in [0, 0.05) is 30.8 Å². The highest BCUT2D eigenvalue weighted by Gasteiger charge is 2.18. The number of imidazole rings is 1. The third kappa shape index (κ3) is 3.98. The van der Waals surface area contributed by atoms with E-state index in [0.717, 1.165) is 16.9 Å². The number of carboxylic acids is 1. The van der Waals surface area contributed by atoms with Gasteiger partial charge in [-0.3, -0.25) is 4.79 Å². The lowest BCUT2D eigenvalue weighted by Crippen LogP contribution is -2.41. The Labute approximate surface area is 126 Å². The molecule has 2 N–H and O–H groups in total. The minimum atomic E-state index is -1.02. The highest BCUT2D eigenvalue weighted by Crippen LogP contribution is 2.15. The standard InChI is InChI=1S/C14H17N3O3S/c1-9-4-3-5-17-6-11(16-13(9)17)7-21-8-12(14(19)20)15-10(2)18/h3-6,12H,7-8H2,1-2H3,(H,15,18)(H,19,20). The van der Waals surface area contributed by atoms with E-state index in [4.69, 9.17) is 5.11 Å². The summed E-state index contributed by atoms with van der Waals surface area (Å²) in [4.78, 5) is 26.5. The smallest absolute Gasteiger partial charge is 0.327 e. The Morgan fingerprint density at radius 1 is 1.52 bits per heavy atom. The van der Waals surface area contributed by atoms with Crippen LogP contribution in [0.1, 0.15) is 18.2 Å². The summed E-state index contributed by atoms with van der Waals surface area (Å²) < 4.78 is 1.95. The molecule has 0 saturated carbocycles. The van der Waals surface area contributed by atoms with Crippen molar-refractivity contribution in [1.29, 1.82) is 0 Å². The van der Waals surface area contributed by atoms with Gasteiger partial charge < -0.3 is 14.8 Å². The van der Waals surface area contributed by atoms with Crippen LogP contribution >= 0.6 is 11.8 Å². The number of carbonyl (C=O) groups excluding carboxylic acids is 1. The van der Waals surface area contributed by atoms with Gasteiger partial charge in [-0.15, -0.1) is 0 Å². The fourth-order valence-corrected chi connectivity index (χ4v) is 2.90. The van der Waals surface area contributed by atoms with Crippen molar-refractivity contribution >= 4 is 29.3 Å². The molecular weight excluding hydrogens is 290 g/mol. The number of pyridine rings is 1. The van der Waals surface area contributed by atoms with Crippen LogP contribution in [0.15, 0.2) is 24.5 Å². The van der Waals surface area contributed by atoms with E-state index in [1.165, 1.54) is 18.7 Å². The second-order valence-corrected chi connectivity index (χ2v) is 5.79. The van der Waals surface area contributed by atoms with E-state index in [1.54, 1.807) is 0 Å². The van der Waals surface area contributed by atoms with Crippen molar-refractivity contribution in [2.75, 3.05) is 5.75 Å². The minimum Gasteiger partial charge on any atom is -0.480 e. The highest BCUT2D eigenvalue weighted by molar-refractivity contribution is 7.98. The monoisotopic (exact) mass is 307 g/mol. The summed E-state index contributed by atoms with van der Waals surface area (Å²) >= 11 is 1.43. The molecule has 21 heavy (non-hydrogen) atoms. The Bertz CT molecular complexity index is 669. The van der Waals surface area contributed by atoms with Crippen LogP contribution in [0, 0.1) is 6.92 Å². The second kappa shape index (κ2) is 6.62. The van der Waals surface area contributed by atoms with Crippen LogP contribution in [-0.2, 0) is 15.3 Å². The van der Waals surface area contributed by atoms with Crippen molar-refractivity contribution in [1.82, 2.24) is 14.7 Å². The fraction of sp³-hybridized carbons (Fsp3) is 0.357. The summed E-state index contributed by atoms with van der Waals surface area (Å²) in [6.45, 7) is 3.31. The van der Waals surface area contributed by atoms with E-state index in [0.29, 0.717) is 11.5 Å². The zero-order valence-corrected chi connectivity index (χ0v) is 12.7. The number of carbonyl (C=O) groups is 2. The molecule has 0 saturated heterocycles. The van der Waals surface area contributed by atoms with E-state index in [-0.39, 0.29) is 5.91 Å². The third-order valence-corrected chi connectivity index (χ3v) is 4.01. The number of aliphatic carboxylic acids is 1. The van der Waals surface area contributed by atoms with Gasteiger partial charge in [-0.1, -0.05) is 6.07 Å². The van der Waals surface area contributed by atoms with Gasteiger partial charge in [0.1, 0.15) is 11.7 Å². The molecule has 1 atom stereocenters. The molecule has 0 aliphatic carbocycles. The number of aromatic nitrogens is 2. The zero-order valence-electron chi connectivity index (χ0n) is 11.9. The summed E-state index contributed by atoms with van der Waals surface area (Å²) in [6.07, 6.45) is 3.87. The average Bonchev–Trinajstić information content (AvgIpc) is 2.81. The molecule has 0 aliphatic rings. The van der Waals surface area contributed by atoms with E-state index < -0.39 is 12.0 Å². The van der Waals surface area contributed by atoms with E-state index >= 15 is 0 Å². The Balaban J connectivity index is 1.96. The molecule has 2 heterocycles. The van der Waals surface area contributed by atoms with Crippen LogP contribution < -0.4 is 5.32 Å². The van der Waals surface area contributed by atoms with Crippen LogP contribution in [0.4, 0.5) is 0 Å². The molecule has 2 rings (SSSR count). The van der Waals surface area contributed by atoms with E-state index in [9.17, 15) is 9.59 Å². The summed E-state index contributed by atoms with van der Waals surface area (Å²) in [7, 11) is 0. The van der Waals surface area contributed by atoms with Crippen molar-refractivity contribution in [2.45, 2.75) is 25.6 Å². The van der Waals surface area contributed by atoms with Crippen LogP contribution in [0.25, 0.3) is 5.65 Å². The normalized spacial score (nSPS) is 12.3.